The number of anilines is 4. The van der Waals surface area contributed by atoms with E-state index >= 15 is 0 Å². The lowest BCUT2D eigenvalue weighted by atomic mass is 10.1. The van der Waals surface area contributed by atoms with Gasteiger partial charge < -0.3 is 31.1 Å². The van der Waals surface area contributed by atoms with Crippen molar-refractivity contribution in [2.24, 2.45) is 4.99 Å². The third-order valence-electron chi connectivity index (χ3n) is 8.35. The van der Waals surface area contributed by atoms with Crippen molar-refractivity contribution in [2.75, 3.05) is 29.1 Å². The smallest absolute Gasteiger partial charge is 0.422 e. The molecule has 3 amide bonds. The van der Waals surface area contributed by atoms with Gasteiger partial charge in [0, 0.05) is 27.7 Å². The molecule has 3 aromatic carbocycles. The largest absolute Gasteiger partial charge is 0.477 e. The van der Waals surface area contributed by atoms with Crippen LogP contribution in [0.25, 0.3) is 5.69 Å². The van der Waals surface area contributed by atoms with Crippen molar-refractivity contribution in [3.05, 3.63) is 106 Å². The molecule has 0 bridgehead atoms. The van der Waals surface area contributed by atoms with Crippen molar-refractivity contribution in [2.45, 2.75) is 38.4 Å². The van der Waals surface area contributed by atoms with Gasteiger partial charge in [-0.3, -0.25) is 14.4 Å². The number of nitrogens with one attached hydrogen (secondary N) is 4. The van der Waals surface area contributed by atoms with Gasteiger partial charge in [-0.05, 0) is 99.0 Å². The van der Waals surface area contributed by atoms with Gasteiger partial charge in [0.2, 0.25) is 11.9 Å². The molecule has 6 rings (SSSR count). The van der Waals surface area contributed by atoms with Crippen LogP contribution in [0.2, 0.25) is 5.02 Å². The first kappa shape index (κ1) is 39.8. The molecule has 57 heavy (non-hydrogen) atoms. The van der Waals surface area contributed by atoms with Gasteiger partial charge in [0.25, 0.3) is 5.91 Å². The molecule has 1 aliphatic carbocycles. The zero-order chi connectivity index (χ0) is 40.9. The number of hydrogen-bond donors (Lipinski definition) is 5. The minimum Gasteiger partial charge on any atom is -0.477 e. The SMILES string of the molecule is Cc1cc(C)n(-c2ccc(NC(=O)C(=O)NC/C(=N/C(=O)c3ccc(Nc4nc(NC5(c6ccc(Cl)cc6)CC5)nc(OCC(F)(F)F)n4)cc3)C(=O)O)cc2)n1. The fraction of sp³-hybridized carbons (Fsp3) is 0.216. The van der Waals surface area contributed by atoms with Gasteiger partial charge in [-0.1, -0.05) is 23.7 Å². The first-order valence-electron chi connectivity index (χ1n) is 17.0. The topological polar surface area (TPSA) is 215 Å². The molecule has 0 saturated heterocycles. The highest BCUT2D eigenvalue weighted by Crippen LogP contribution is 2.48. The van der Waals surface area contributed by atoms with Gasteiger partial charge in [-0.25, -0.2) is 14.5 Å². The van der Waals surface area contributed by atoms with Crippen molar-refractivity contribution in [1.29, 1.82) is 0 Å². The number of aliphatic carboxylic acids is 1. The summed E-state index contributed by atoms with van der Waals surface area (Å²) in [5.41, 5.74) is 2.53. The van der Waals surface area contributed by atoms with Gasteiger partial charge in [0.15, 0.2) is 6.61 Å². The lowest BCUT2D eigenvalue weighted by molar-refractivity contribution is -0.154. The average Bonchev–Trinajstić information content (AvgIpc) is 3.86. The van der Waals surface area contributed by atoms with Crippen LogP contribution in [0, 0.1) is 13.8 Å². The summed E-state index contributed by atoms with van der Waals surface area (Å²) in [7, 11) is 0. The number of halogens is 4. The Morgan fingerprint density at radius 2 is 1.54 bits per heavy atom. The lowest BCUT2D eigenvalue weighted by Crippen LogP contribution is -2.40. The standard InChI is InChI=1S/C37H32ClF3N10O6/c1-20-17-21(2)51(50-20)27-13-11-25(12-14-27)43-31(54)30(53)42-18-28(32(55)56)45-29(52)22-3-9-26(10-4-22)44-33-46-34(48-35(47-33)57-19-37(39,40)41)49-36(15-16-36)23-5-7-24(38)8-6-23/h3-14,17H,15-16,18-19H2,1-2H3,(H,42,53)(H,43,54)(H,55,56)(H2,44,46,47,48,49)/b45-28-. The highest BCUT2D eigenvalue weighted by atomic mass is 35.5. The number of aryl methyl sites for hydroxylation is 2. The van der Waals surface area contributed by atoms with E-state index in [1.807, 2.05) is 32.0 Å². The summed E-state index contributed by atoms with van der Waals surface area (Å²) in [5.74, 6) is -5.09. The number of carboxylic acid groups (broad SMARTS) is 1. The maximum Gasteiger partial charge on any atom is 0.422 e. The lowest BCUT2D eigenvalue weighted by Gasteiger charge is -2.19. The number of aromatic nitrogens is 5. The number of benzene rings is 3. The number of rotatable bonds is 13. The third kappa shape index (κ3) is 10.5. The number of hydrogen-bond acceptors (Lipinski definition) is 11. The zero-order valence-electron chi connectivity index (χ0n) is 30.0. The second kappa shape index (κ2) is 16.5. The summed E-state index contributed by atoms with van der Waals surface area (Å²) in [6, 6.07) is 20.2. The Balaban J connectivity index is 1.08. The molecule has 20 heteroatoms. The Bertz CT molecular complexity index is 2350. The van der Waals surface area contributed by atoms with Crippen LogP contribution < -0.4 is 26.0 Å². The molecule has 0 aliphatic heterocycles. The van der Waals surface area contributed by atoms with Crippen LogP contribution in [0.5, 0.6) is 6.01 Å². The minimum atomic E-state index is -4.66. The normalized spacial score (nSPS) is 13.3. The van der Waals surface area contributed by atoms with Crippen LogP contribution in [-0.2, 0) is 19.9 Å². The quantitative estimate of drug-likeness (QED) is 0.0734. The molecule has 2 heterocycles. The highest BCUT2D eigenvalue weighted by molar-refractivity contribution is 6.42. The Morgan fingerprint density at radius 1 is 0.895 bits per heavy atom. The molecule has 2 aromatic heterocycles. The van der Waals surface area contributed by atoms with E-state index in [9.17, 15) is 37.5 Å². The van der Waals surface area contributed by atoms with E-state index in [1.54, 1.807) is 41.1 Å². The molecular weight excluding hydrogens is 773 g/mol. The summed E-state index contributed by atoms with van der Waals surface area (Å²) >= 11 is 6.02. The summed E-state index contributed by atoms with van der Waals surface area (Å²) < 4.78 is 45.4. The van der Waals surface area contributed by atoms with Crippen molar-refractivity contribution in [3.8, 4) is 11.7 Å². The fourth-order valence-electron chi connectivity index (χ4n) is 5.46. The van der Waals surface area contributed by atoms with E-state index in [2.05, 4.69) is 46.3 Å². The predicted molar refractivity (Wildman–Crippen MR) is 201 cm³/mol. The predicted octanol–water partition coefficient (Wildman–Crippen LogP) is 5.53. The fourth-order valence-corrected chi connectivity index (χ4v) is 5.58. The van der Waals surface area contributed by atoms with Gasteiger partial charge in [0.1, 0.15) is 5.71 Å². The van der Waals surface area contributed by atoms with Crippen molar-refractivity contribution in [3.63, 3.8) is 0 Å². The molecule has 16 nitrogen and oxygen atoms in total. The van der Waals surface area contributed by atoms with Crippen molar-refractivity contribution in [1.82, 2.24) is 30.0 Å². The maximum atomic E-state index is 13.0. The Morgan fingerprint density at radius 3 is 2.14 bits per heavy atom. The molecule has 0 radical (unpaired) electrons. The van der Waals surface area contributed by atoms with Crippen LogP contribution in [0.1, 0.15) is 40.2 Å². The highest BCUT2D eigenvalue weighted by Gasteiger charge is 2.45. The Hall–Kier alpha value is -6.89. The summed E-state index contributed by atoms with van der Waals surface area (Å²) in [5, 5.41) is 25.1. The van der Waals surface area contributed by atoms with E-state index in [0.717, 1.165) is 22.6 Å². The van der Waals surface area contributed by atoms with Gasteiger partial charge in [-0.15, -0.1) is 0 Å². The Labute approximate surface area is 326 Å². The van der Waals surface area contributed by atoms with Crippen molar-refractivity contribution < 1.29 is 42.2 Å². The average molecular weight is 805 g/mol. The summed E-state index contributed by atoms with van der Waals surface area (Å²) in [4.78, 5) is 65.5. The first-order valence-corrected chi connectivity index (χ1v) is 17.4. The number of nitrogens with zero attached hydrogens (tertiary/aromatic N) is 6. The molecule has 294 valence electrons. The molecule has 0 unspecified atom stereocenters. The molecule has 5 aromatic rings. The number of ether oxygens (including phenoxy) is 1. The summed E-state index contributed by atoms with van der Waals surface area (Å²) in [6.45, 7) is 1.35. The number of carbonyl (C=O) groups is 4. The van der Waals surface area contributed by atoms with Crippen LogP contribution in [0.3, 0.4) is 0 Å². The number of carboxylic acids is 1. The van der Waals surface area contributed by atoms with Crippen molar-refractivity contribution >= 4 is 64.3 Å². The molecule has 5 N–H and O–H groups in total. The zero-order valence-corrected chi connectivity index (χ0v) is 30.8. The Kier molecular flexibility index (Phi) is 11.5. The summed E-state index contributed by atoms with van der Waals surface area (Å²) in [6.07, 6.45) is -3.28. The third-order valence-corrected chi connectivity index (χ3v) is 8.60. The first-order chi connectivity index (χ1) is 27.1. The van der Waals surface area contributed by atoms with Gasteiger partial charge in [-0.2, -0.15) is 33.2 Å². The number of amides is 3. The second-order valence-corrected chi connectivity index (χ2v) is 13.2. The molecule has 1 saturated carbocycles. The molecule has 0 spiro atoms. The number of alkyl halides is 3. The second-order valence-electron chi connectivity index (χ2n) is 12.8. The van der Waals surface area contributed by atoms with E-state index in [4.69, 9.17) is 16.3 Å². The van der Waals surface area contributed by atoms with Gasteiger partial charge in [0.05, 0.1) is 23.5 Å². The number of aliphatic imine (C=N–C) groups is 1. The maximum absolute atomic E-state index is 13.0. The van der Waals surface area contributed by atoms with Crippen LogP contribution in [0.4, 0.5) is 36.4 Å². The van der Waals surface area contributed by atoms with E-state index in [1.165, 1.54) is 24.3 Å². The number of carbonyl (C=O) groups excluding carboxylic acids is 3. The van der Waals surface area contributed by atoms with Crippen LogP contribution in [-0.4, -0.2) is 78.6 Å². The molecule has 0 atom stereocenters. The monoisotopic (exact) mass is 804 g/mol. The molecule has 1 fully saturated rings. The van der Waals surface area contributed by atoms with Crippen LogP contribution in [0.15, 0.2) is 83.9 Å². The molecule has 1 aliphatic rings. The van der Waals surface area contributed by atoms with E-state index in [-0.39, 0.29) is 23.1 Å². The van der Waals surface area contributed by atoms with E-state index < -0.39 is 60.3 Å². The molecular formula is C37H32ClF3N10O6. The minimum absolute atomic E-state index is 0.0573. The van der Waals surface area contributed by atoms with E-state index in [0.29, 0.717) is 23.6 Å². The van der Waals surface area contributed by atoms with Crippen LogP contribution >= 0.6 is 11.6 Å². The van der Waals surface area contributed by atoms with Gasteiger partial charge >= 0.3 is 30.0 Å².